The van der Waals surface area contributed by atoms with Crippen LogP contribution in [-0.2, 0) is 13.2 Å². The summed E-state index contributed by atoms with van der Waals surface area (Å²) in [6.45, 7) is 2.91. The van der Waals surface area contributed by atoms with Crippen LogP contribution >= 0.6 is 11.6 Å². The number of ether oxygens (including phenoxy) is 1. The maximum atomic E-state index is 9.83. The van der Waals surface area contributed by atoms with Gasteiger partial charge in [0.05, 0.1) is 6.10 Å². The van der Waals surface area contributed by atoms with Crippen molar-refractivity contribution in [3.05, 3.63) is 58.9 Å². The van der Waals surface area contributed by atoms with Gasteiger partial charge in [0.25, 0.3) is 0 Å². The zero-order chi connectivity index (χ0) is 16.1. The standard InChI is InChI=1S/C18H21ClN2O2/c19-16-5-6-18(23-13-14-3-1-7-20-10-14)15(9-16)11-21-8-2-4-17(22)12-21/h1,3,5-7,9-10,17,22H,2,4,8,11-13H2. The molecule has 1 aliphatic heterocycles. The van der Waals surface area contributed by atoms with E-state index in [4.69, 9.17) is 16.3 Å². The molecule has 1 aliphatic rings. The lowest BCUT2D eigenvalue weighted by Gasteiger charge is -2.30. The highest BCUT2D eigenvalue weighted by molar-refractivity contribution is 6.30. The molecule has 1 unspecified atom stereocenters. The van der Waals surface area contributed by atoms with Crippen molar-refractivity contribution in [3.8, 4) is 5.75 Å². The van der Waals surface area contributed by atoms with Crippen molar-refractivity contribution in [2.75, 3.05) is 13.1 Å². The molecule has 0 aliphatic carbocycles. The topological polar surface area (TPSA) is 45.6 Å². The number of aliphatic hydroxyl groups excluding tert-OH is 1. The van der Waals surface area contributed by atoms with Crippen LogP contribution in [0.2, 0.25) is 5.02 Å². The van der Waals surface area contributed by atoms with Crippen LogP contribution in [0.25, 0.3) is 0 Å². The van der Waals surface area contributed by atoms with Crippen LogP contribution in [0.15, 0.2) is 42.7 Å². The molecular formula is C18H21ClN2O2. The quantitative estimate of drug-likeness (QED) is 0.912. The number of aliphatic hydroxyl groups is 1. The smallest absolute Gasteiger partial charge is 0.124 e. The zero-order valence-corrected chi connectivity index (χ0v) is 13.7. The third-order valence-electron chi connectivity index (χ3n) is 4.01. The van der Waals surface area contributed by atoms with E-state index in [1.807, 2.05) is 30.3 Å². The first-order valence-electron chi connectivity index (χ1n) is 7.91. The highest BCUT2D eigenvalue weighted by Gasteiger charge is 2.19. The first kappa shape index (κ1) is 16.2. The molecule has 1 aromatic heterocycles. The number of aromatic nitrogens is 1. The van der Waals surface area contributed by atoms with Gasteiger partial charge in [0, 0.05) is 41.6 Å². The van der Waals surface area contributed by atoms with Crippen LogP contribution in [0.3, 0.4) is 0 Å². The molecular weight excluding hydrogens is 312 g/mol. The van der Waals surface area contributed by atoms with E-state index in [0.717, 1.165) is 42.8 Å². The number of β-amino-alcohol motifs (C(OH)–C–C–N with tert-alkyl or cyclic N) is 1. The Bertz CT molecular complexity index is 636. The number of nitrogens with zero attached hydrogens (tertiary/aromatic N) is 2. The Hall–Kier alpha value is -1.62. The summed E-state index contributed by atoms with van der Waals surface area (Å²) < 4.78 is 5.96. The number of halogens is 1. The van der Waals surface area contributed by atoms with Gasteiger partial charge < -0.3 is 9.84 Å². The second-order valence-electron chi connectivity index (χ2n) is 5.93. The molecule has 1 N–H and O–H groups in total. The van der Waals surface area contributed by atoms with Crippen molar-refractivity contribution in [2.45, 2.75) is 32.1 Å². The Morgan fingerprint density at radius 2 is 2.26 bits per heavy atom. The van der Waals surface area contributed by atoms with Crippen LogP contribution in [-0.4, -0.2) is 34.2 Å². The molecule has 0 radical (unpaired) electrons. The molecule has 2 heterocycles. The van der Waals surface area contributed by atoms with Gasteiger partial charge in [-0.05, 0) is 43.7 Å². The number of hydrogen-bond acceptors (Lipinski definition) is 4. The van der Waals surface area contributed by atoms with Crippen LogP contribution in [0.5, 0.6) is 5.75 Å². The van der Waals surface area contributed by atoms with Gasteiger partial charge in [0.15, 0.2) is 0 Å². The van der Waals surface area contributed by atoms with Crippen molar-refractivity contribution in [1.82, 2.24) is 9.88 Å². The summed E-state index contributed by atoms with van der Waals surface area (Å²) in [5, 5.41) is 10.5. The average Bonchev–Trinajstić information content (AvgIpc) is 2.55. The van der Waals surface area contributed by atoms with Gasteiger partial charge in [-0.3, -0.25) is 9.88 Å². The Balaban J connectivity index is 1.69. The van der Waals surface area contributed by atoms with Crippen molar-refractivity contribution in [2.24, 2.45) is 0 Å². The molecule has 2 aromatic rings. The minimum Gasteiger partial charge on any atom is -0.489 e. The Kier molecular flexibility index (Phi) is 5.49. The van der Waals surface area contributed by atoms with Gasteiger partial charge >= 0.3 is 0 Å². The van der Waals surface area contributed by atoms with Gasteiger partial charge in [0.2, 0.25) is 0 Å². The van der Waals surface area contributed by atoms with Gasteiger partial charge in [-0.1, -0.05) is 17.7 Å². The minimum atomic E-state index is -0.234. The average molecular weight is 333 g/mol. The molecule has 4 nitrogen and oxygen atoms in total. The number of pyridine rings is 1. The van der Waals surface area contributed by atoms with E-state index in [-0.39, 0.29) is 6.10 Å². The van der Waals surface area contributed by atoms with E-state index in [1.165, 1.54) is 0 Å². The summed E-state index contributed by atoms with van der Waals surface area (Å²) in [7, 11) is 0. The van der Waals surface area contributed by atoms with Crippen molar-refractivity contribution < 1.29 is 9.84 Å². The fourth-order valence-corrected chi connectivity index (χ4v) is 3.07. The normalized spacial score (nSPS) is 18.8. The van der Waals surface area contributed by atoms with Crippen LogP contribution < -0.4 is 4.74 Å². The first-order valence-corrected chi connectivity index (χ1v) is 8.29. The highest BCUT2D eigenvalue weighted by Crippen LogP contribution is 2.26. The molecule has 122 valence electrons. The summed E-state index contributed by atoms with van der Waals surface area (Å²) in [6, 6.07) is 9.59. The molecule has 0 amide bonds. The second-order valence-corrected chi connectivity index (χ2v) is 6.37. The van der Waals surface area contributed by atoms with E-state index in [9.17, 15) is 5.11 Å². The lowest BCUT2D eigenvalue weighted by Crippen LogP contribution is -2.37. The predicted molar refractivity (Wildman–Crippen MR) is 90.5 cm³/mol. The van der Waals surface area contributed by atoms with Crippen molar-refractivity contribution in [3.63, 3.8) is 0 Å². The SMILES string of the molecule is OC1CCCN(Cc2cc(Cl)ccc2OCc2cccnc2)C1. The fraction of sp³-hybridized carbons (Fsp3) is 0.389. The number of hydrogen-bond donors (Lipinski definition) is 1. The van der Waals surface area contributed by atoms with Crippen LogP contribution in [0.1, 0.15) is 24.0 Å². The molecule has 3 rings (SSSR count). The van der Waals surface area contributed by atoms with Gasteiger partial charge in [-0.2, -0.15) is 0 Å². The van der Waals surface area contributed by atoms with E-state index in [0.29, 0.717) is 18.2 Å². The van der Waals surface area contributed by atoms with E-state index >= 15 is 0 Å². The summed E-state index contributed by atoms with van der Waals surface area (Å²) >= 11 is 6.15. The Morgan fingerprint density at radius 3 is 3.04 bits per heavy atom. The van der Waals surface area contributed by atoms with E-state index < -0.39 is 0 Å². The highest BCUT2D eigenvalue weighted by atomic mass is 35.5. The largest absolute Gasteiger partial charge is 0.489 e. The van der Waals surface area contributed by atoms with E-state index in [2.05, 4.69) is 9.88 Å². The van der Waals surface area contributed by atoms with Crippen LogP contribution in [0, 0.1) is 0 Å². The maximum Gasteiger partial charge on any atom is 0.124 e. The number of likely N-dealkylation sites (tertiary alicyclic amines) is 1. The third-order valence-corrected chi connectivity index (χ3v) is 4.25. The van der Waals surface area contributed by atoms with Gasteiger partial charge in [-0.25, -0.2) is 0 Å². The molecule has 5 heteroatoms. The molecule has 0 bridgehead atoms. The van der Waals surface area contributed by atoms with Crippen molar-refractivity contribution in [1.29, 1.82) is 0 Å². The van der Waals surface area contributed by atoms with Gasteiger partial charge in [0.1, 0.15) is 12.4 Å². The maximum absolute atomic E-state index is 9.83. The molecule has 1 aromatic carbocycles. The van der Waals surface area contributed by atoms with Crippen LogP contribution in [0.4, 0.5) is 0 Å². The number of piperidine rings is 1. The second kappa shape index (κ2) is 7.77. The molecule has 23 heavy (non-hydrogen) atoms. The third kappa shape index (κ3) is 4.67. The zero-order valence-electron chi connectivity index (χ0n) is 13.0. The molecule has 0 saturated carbocycles. The molecule has 1 atom stereocenters. The predicted octanol–water partition coefficient (Wildman–Crippen LogP) is 3.27. The Labute approximate surface area is 141 Å². The number of benzene rings is 1. The fourth-order valence-electron chi connectivity index (χ4n) is 2.87. The minimum absolute atomic E-state index is 0.234. The lowest BCUT2D eigenvalue weighted by atomic mass is 10.1. The molecule has 1 fully saturated rings. The summed E-state index contributed by atoms with van der Waals surface area (Å²) in [4.78, 5) is 6.35. The monoisotopic (exact) mass is 332 g/mol. The lowest BCUT2D eigenvalue weighted by molar-refractivity contribution is 0.0662. The Morgan fingerprint density at radius 1 is 1.35 bits per heavy atom. The van der Waals surface area contributed by atoms with E-state index in [1.54, 1.807) is 12.4 Å². The first-order chi connectivity index (χ1) is 11.2. The summed E-state index contributed by atoms with van der Waals surface area (Å²) in [5.41, 5.74) is 2.08. The van der Waals surface area contributed by atoms with Gasteiger partial charge in [-0.15, -0.1) is 0 Å². The molecule has 0 spiro atoms. The summed E-state index contributed by atoms with van der Waals surface area (Å²) in [6.07, 6.45) is 5.22. The number of rotatable bonds is 5. The van der Waals surface area contributed by atoms with Crippen molar-refractivity contribution >= 4 is 11.6 Å². The molecule has 1 saturated heterocycles. The summed E-state index contributed by atoms with van der Waals surface area (Å²) in [5.74, 6) is 0.832.